The highest BCUT2D eigenvalue weighted by molar-refractivity contribution is 5.96. The van der Waals surface area contributed by atoms with Crippen molar-refractivity contribution in [2.75, 3.05) is 5.32 Å². The van der Waals surface area contributed by atoms with Crippen LogP contribution in [0.5, 0.6) is 0 Å². The second-order valence-electron chi connectivity index (χ2n) is 5.55. The van der Waals surface area contributed by atoms with Crippen molar-refractivity contribution in [2.45, 2.75) is 13.0 Å². The summed E-state index contributed by atoms with van der Waals surface area (Å²) in [6.07, 6.45) is 1.88. The summed E-state index contributed by atoms with van der Waals surface area (Å²) in [4.78, 5) is 24.1. The van der Waals surface area contributed by atoms with Crippen LogP contribution in [0.15, 0.2) is 77.4 Å². The maximum atomic E-state index is 12.1. The Hall–Kier alpha value is -3.34. The van der Waals surface area contributed by atoms with Gasteiger partial charge in [-0.1, -0.05) is 30.3 Å². The lowest BCUT2D eigenvalue weighted by Crippen LogP contribution is -2.22. The normalized spacial score (nSPS) is 10.2. The zero-order valence-corrected chi connectivity index (χ0v) is 13.6. The zero-order valence-electron chi connectivity index (χ0n) is 13.6. The van der Waals surface area contributed by atoms with Gasteiger partial charge in [0.1, 0.15) is 5.76 Å². The van der Waals surface area contributed by atoms with Crippen LogP contribution in [0.2, 0.25) is 0 Å². The Kier molecular flexibility index (Phi) is 5.26. The highest BCUT2D eigenvalue weighted by atomic mass is 16.3. The van der Waals surface area contributed by atoms with E-state index in [1.807, 2.05) is 30.3 Å². The lowest BCUT2D eigenvalue weighted by molar-refractivity contribution is -0.115. The van der Waals surface area contributed by atoms with Crippen LogP contribution in [-0.4, -0.2) is 11.8 Å². The van der Waals surface area contributed by atoms with Crippen LogP contribution in [0.4, 0.5) is 5.69 Å². The number of benzene rings is 2. The molecule has 1 aromatic heterocycles. The predicted molar refractivity (Wildman–Crippen MR) is 95.1 cm³/mol. The lowest BCUT2D eigenvalue weighted by Gasteiger charge is -2.07. The first-order chi connectivity index (χ1) is 12.2. The van der Waals surface area contributed by atoms with E-state index in [4.69, 9.17) is 4.42 Å². The number of carbonyl (C=O) groups excluding carboxylic acids is 2. The first-order valence-corrected chi connectivity index (χ1v) is 7.95. The Morgan fingerprint density at radius 1 is 0.880 bits per heavy atom. The molecule has 5 nitrogen and oxygen atoms in total. The summed E-state index contributed by atoms with van der Waals surface area (Å²) < 4.78 is 5.17. The molecule has 0 aliphatic heterocycles. The van der Waals surface area contributed by atoms with Crippen LogP contribution in [0.25, 0.3) is 0 Å². The number of hydrogen-bond acceptors (Lipinski definition) is 3. The van der Waals surface area contributed by atoms with Gasteiger partial charge < -0.3 is 15.1 Å². The summed E-state index contributed by atoms with van der Waals surface area (Å²) in [5, 5.41) is 5.60. The molecule has 5 heteroatoms. The molecule has 2 amide bonds. The van der Waals surface area contributed by atoms with E-state index >= 15 is 0 Å². The average molecular weight is 334 g/mol. The Morgan fingerprint density at radius 3 is 2.32 bits per heavy atom. The number of anilines is 1. The highest BCUT2D eigenvalue weighted by Crippen LogP contribution is 2.11. The average Bonchev–Trinajstić information content (AvgIpc) is 3.14. The van der Waals surface area contributed by atoms with E-state index in [9.17, 15) is 9.59 Å². The molecule has 2 aromatic carbocycles. The van der Waals surface area contributed by atoms with Crippen molar-refractivity contribution in [3.8, 4) is 0 Å². The minimum absolute atomic E-state index is 0.0961. The Morgan fingerprint density at radius 2 is 1.64 bits per heavy atom. The monoisotopic (exact) mass is 334 g/mol. The third kappa shape index (κ3) is 4.81. The summed E-state index contributed by atoms with van der Waals surface area (Å²) >= 11 is 0. The zero-order chi connectivity index (χ0) is 17.5. The van der Waals surface area contributed by atoms with Gasteiger partial charge in [0.25, 0.3) is 5.91 Å². The van der Waals surface area contributed by atoms with E-state index in [0.29, 0.717) is 30.0 Å². The van der Waals surface area contributed by atoms with Gasteiger partial charge in [-0.15, -0.1) is 0 Å². The number of furan rings is 1. The fraction of sp³-hybridized carbons (Fsp3) is 0.100. The van der Waals surface area contributed by atoms with Crippen molar-refractivity contribution in [3.05, 3.63) is 89.9 Å². The van der Waals surface area contributed by atoms with Crippen molar-refractivity contribution in [1.29, 1.82) is 0 Å². The van der Waals surface area contributed by atoms with E-state index in [1.54, 1.807) is 42.7 Å². The molecule has 2 N–H and O–H groups in total. The molecule has 0 bridgehead atoms. The fourth-order valence-corrected chi connectivity index (χ4v) is 2.37. The topological polar surface area (TPSA) is 71.3 Å². The molecular formula is C20H18N2O3. The van der Waals surface area contributed by atoms with Gasteiger partial charge in [0.15, 0.2) is 0 Å². The molecule has 0 radical (unpaired) electrons. The summed E-state index contributed by atoms with van der Waals surface area (Å²) in [6.45, 7) is 0.335. The van der Waals surface area contributed by atoms with Crippen LogP contribution in [-0.2, 0) is 17.8 Å². The SMILES string of the molecule is O=C(Cc1ccccc1)Nc1ccc(C(=O)NCc2ccco2)cc1. The molecule has 0 saturated heterocycles. The van der Waals surface area contributed by atoms with Crippen LogP contribution in [0.1, 0.15) is 21.7 Å². The van der Waals surface area contributed by atoms with Crippen LogP contribution >= 0.6 is 0 Å². The molecule has 0 unspecified atom stereocenters. The molecule has 126 valence electrons. The number of hydrogen-bond donors (Lipinski definition) is 2. The Balaban J connectivity index is 1.52. The molecule has 0 aliphatic rings. The Labute approximate surface area is 145 Å². The van der Waals surface area contributed by atoms with Gasteiger partial charge in [0, 0.05) is 11.3 Å². The van der Waals surface area contributed by atoms with Crippen molar-refractivity contribution < 1.29 is 14.0 Å². The lowest BCUT2D eigenvalue weighted by atomic mass is 10.1. The summed E-state index contributed by atoms with van der Waals surface area (Å²) in [5.74, 6) is 0.401. The molecule has 0 fully saturated rings. The molecule has 25 heavy (non-hydrogen) atoms. The fourth-order valence-electron chi connectivity index (χ4n) is 2.37. The number of nitrogens with one attached hydrogen (secondary N) is 2. The van der Waals surface area contributed by atoms with E-state index in [2.05, 4.69) is 10.6 Å². The van der Waals surface area contributed by atoms with Crippen molar-refractivity contribution in [3.63, 3.8) is 0 Å². The first kappa shape index (κ1) is 16.5. The van der Waals surface area contributed by atoms with E-state index < -0.39 is 0 Å². The van der Waals surface area contributed by atoms with Crippen LogP contribution in [0.3, 0.4) is 0 Å². The number of carbonyl (C=O) groups is 2. The van der Waals surface area contributed by atoms with E-state index in [-0.39, 0.29) is 11.8 Å². The van der Waals surface area contributed by atoms with Gasteiger partial charge in [-0.2, -0.15) is 0 Å². The largest absolute Gasteiger partial charge is 0.467 e. The van der Waals surface area contributed by atoms with Gasteiger partial charge in [-0.25, -0.2) is 0 Å². The first-order valence-electron chi connectivity index (χ1n) is 7.95. The molecular weight excluding hydrogens is 316 g/mol. The minimum Gasteiger partial charge on any atom is -0.467 e. The second kappa shape index (κ2) is 7.97. The predicted octanol–water partition coefficient (Wildman–Crippen LogP) is 3.39. The van der Waals surface area contributed by atoms with E-state index in [1.165, 1.54) is 0 Å². The quantitative estimate of drug-likeness (QED) is 0.726. The molecule has 3 rings (SSSR count). The van der Waals surface area contributed by atoms with Crippen molar-refractivity contribution in [1.82, 2.24) is 5.32 Å². The van der Waals surface area contributed by atoms with Gasteiger partial charge >= 0.3 is 0 Å². The summed E-state index contributed by atoms with van der Waals surface area (Å²) in [5.41, 5.74) is 2.13. The van der Waals surface area contributed by atoms with Crippen molar-refractivity contribution >= 4 is 17.5 Å². The summed E-state index contributed by atoms with van der Waals surface area (Å²) in [6, 6.07) is 19.9. The third-order valence-electron chi connectivity index (χ3n) is 3.64. The van der Waals surface area contributed by atoms with Gasteiger partial charge in [-0.3, -0.25) is 9.59 Å². The van der Waals surface area contributed by atoms with Gasteiger partial charge in [0.2, 0.25) is 5.91 Å². The maximum absolute atomic E-state index is 12.1. The molecule has 0 atom stereocenters. The molecule has 0 saturated carbocycles. The molecule has 0 aliphatic carbocycles. The smallest absolute Gasteiger partial charge is 0.251 e. The number of rotatable bonds is 6. The Bertz CT molecular complexity index is 825. The van der Waals surface area contributed by atoms with Gasteiger partial charge in [-0.05, 0) is 42.0 Å². The molecule has 3 aromatic rings. The summed E-state index contributed by atoms with van der Waals surface area (Å²) in [7, 11) is 0. The highest BCUT2D eigenvalue weighted by Gasteiger charge is 2.08. The number of amides is 2. The second-order valence-corrected chi connectivity index (χ2v) is 5.55. The van der Waals surface area contributed by atoms with Gasteiger partial charge in [0.05, 0.1) is 19.2 Å². The molecule has 1 heterocycles. The van der Waals surface area contributed by atoms with Crippen LogP contribution in [0, 0.1) is 0 Å². The standard InChI is InChI=1S/C20H18N2O3/c23-19(13-15-5-2-1-3-6-15)22-17-10-8-16(9-11-17)20(24)21-14-18-7-4-12-25-18/h1-12H,13-14H2,(H,21,24)(H,22,23). The van der Waals surface area contributed by atoms with E-state index in [0.717, 1.165) is 5.56 Å². The molecule has 0 spiro atoms. The van der Waals surface area contributed by atoms with Crippen molar-refractivity contribution in [2.24, 2.45) is 0 Å². The third-order valence-corrected chi connectivity index (χ3v) is 3.64. The van der Waals surface area contributed by atoms with Crippen LogP contribution < -0.4 is 10.6 Å². The maximum Gasteiger partial charge on any atom is 0.251 e. The minimum atomic E-state index is -0.196.